The van der Waals surface area contributed by atoms with Crippen molar-refractivity contribution in [2.24, 2.45) is 0 Å². The molecule has 0 N–H and O–H groups in total. The first kappa shape index (κ1) is 13.4. The summed E-state index contributed by atoms with van der Waals surface area (Å²) in [6.07, 6.45) is 0. The fourth-order valence-electron chi connectivity index (χ4n) is 2.05. The fraction of sp³-hybridized carbons (Fsp3) is 0.188. The van der Waals surface area contributed by atoms with Gasteiger partial charge in [0.1, 0.15) is 11.6 Å². The number of rotatable bonds is 2. The molecule has 0 aliphatic carbocycles. The van der Waals surface area contributed by atoms with Gasteiger partial charge in [0.15, 0.2) is 5.78 Å². The van der Waals surface area contributed by atoms with Gasteiger partial charge >= 0.3 is 0 Å². The Balaban J connectivity index is 2.53. The van der Waals surface area contributed by atoms with Gasteiger partial charge in [-0.05, 0) is 55.7 Å². The maximum atomic E-state index is 13.2. The van der Waals surface area contributed by atoms with Crippen molar-refractivity contribution in [3.05, 3.63) is 69.8 Å². The Labute approximate surface area is 110 Å². The van der Waals surface area contributed by atoms with Crippen molar-refractivity contribution in [2.45, 2.75) is 20.8 Å². The number of benzene rings is 2. The molecule has 0 unspecified atom stereocenters. The summed E-state index contributed by atoms with van der Waals surface area (Å²) in [5.41, 5.74) is 3.38. The largest absolute Gasteiger partial charge is 0.289 e. The van der Waals surface area contributed by atoms with Crippen molar-refractivity contribution in [2.75, 3.05) is 0 Å². The summed E-state index contributed by atoms with van der Waals surface area (Å²) in [5, 5.41) is 0. The summed E-state index contributed by atoms with van der Waals surface area (Å²) in [4.78, 5) is 12.3. The third kappa shape index (κ3) is 2.70. The van der Waals surface area contributed by atoms with Crippen molar-refractivity contribution in [1.29, 1.82) is 0 Å². The van der Waals surface area contributed by atoms with Crippen LogP contribution in [-0.2, 0) is 0 Å². The van der Waals surface area contributed by atoms with E-state index in [9.17, 15) is 13.6 Å². The van der Waals surface area contributed by atoms with Crippen LogP contribution in [-0.4, -0.2) is 5.78 Å². The van der Waals surface area contributed by atoms with Gasteiger partial charge in [-0.15, -0.1) is 0 Å². The lowest BCUT2D eigenvalue weighted by molar-refractivity contribution is 0.103. The predicted octanol–water partition coefficient (Wildman–Crippen LogP) is 4.12. The standard InChI is InChI=1S/C16H14F2O/c1-9-4-11(3)15(5-10(9)2)16(19)12-6-13(17)8-14(18)7-12/h4-8H,1-3H3. The molecule has 0 amide bonds. The Bertz CT molecular complexity index is 640. The minimum Gasteiger partial charge on any atom is -0.289 e. The summed E-state index contributed by atoms with van der Waals surface area (Å²) in [6.45, 7) is 5.67. The molecule has 0 atom stereocenters. The first-order valence-electron chi connectivity index (χ1n) is 5.97. The van der Waals surface area contributed by atoms with Crippen LogP contribution in [0.1, 0.15) is 32.6 Å². The lowest BCUT2D eigenvalue weighted by Crippen LogP contribution is -2.06. The molecule has 0 bridgehead atoms. The number of hydrogen-bond acceptors (Lipinski definition) is 1. The van der Waals surface area contributed by atoms with Crippen LogP contribution < -0.4 is 0 Å². The lowest BCUT2D eigenvalue weighted by atomic mass is 9.95. The molecule has 98 valence electrons. The highest BCUT2D eigenvalue weighted by Crippen LogP contribution is 2.20. The van der Waals surface area contributed by atoms with E-state index in [1.807, 2.05) is 26.8 Å². The van der Waals surface area contributed by atoms with Crippen LogP contribution >= 0.6 is 0 Å². The van der Waals surface area contributed by atoms with Crippen LogP contribution in [0.3, 0.4) is 0 Å². The predicted molar refractivity (Wildman–Crippen MR) is 70.4 cm³/mol. The molecule has 3 heteroatoms. The zero-order chi connectivity index (χ0) is 14.2. The Morgan fingerprint density at radius 1 is 0.789 bits per heavy atom. The summed E-state index contributed by atoms with van der Waals surface area (Å²) >= 11 is 0. The molecule has 2 aromatic carbocycles. The molecule has 0 spiro atoms. The smallest absolute Gasteiger partial charge is 0.193 e. The molecule has 19 heavy (non-hydrogen) atoms. The first-order valence-corrected chi connectivity index (χ1v) is 5.97. The van der Waals surface area contributed by atoms with Gasteiger partial charge in [0.05, 0.1) is 0 Å². The van der Waals surface area contributed by atoms with Crippen LogP contribution in [0.15, 0.2) is 30.3 Å². The monoisotopic (exact) mass is 260 g/mol. The highest BCUT2D eigenvalue weighted by molar-refractivity contribution is 6.10. The zero-order valence-electron chi connectivity index (χ0n) is 11.1. The Morgan fingerprint density at radius 2 is 1.32 bits per heavy atom. The lowest BCUT2D eigenvalue weighted by Gasteiger charge is -2.09. The van der Waals surface area contributed by atoms with Gasteiger partial charge in [-0.25, -0.2) is 8.78 Å². The van der Waals surface area contributed by atoms with Gasteiger partial charge in [0.2, 0.25) is 0 Å². The molecule has 0 radical (unpaired) electrons. The van der Waals surface area contributed by atoms with E-state index in [1.165, 1.54) is 0 Å². The van der Waals surface area contributed by atoms with E-state index in [0.29, 0.717) is 5.56 Å². The third-order valence-electron chi connectivity index (χ3n) is 3.21. The summed E-state index contributed by atoms with van der Waals surface area (Å²) in [6, 6.07) is 6.53. The van der Waals surface area contributed by atoms with Crippen LogP contribution in [0.2, 0.25) is 0 Å². The minimum absolute atomic E-state index is 0.0313. The Morgan fingerprint density at radius 3 is 1.89 bits per heavy atom. The van der Waals surface area contributed by atoms with Gasteiger partial charge in [0.25, 0.3) is 0 Å². The topological polar surface area (TPSA) is 17.1 Å². The highest BCUT2D eigenvalue weighted by atomic mass is 19.1. The molecule has 0 aliphatic heterocycles. The van der Waals surface area contributed by atoms with Gasteiger partial charge in [0, 0.05) is 17.2 Å². The maximum absolute atomic E-state index is 13.2. The zero-order valence-corrected chi connectivity index (χ0v) is 11.1. The third-order valence-corrected chi connectivity index (χ3v) is 3.21. The molecule has 0 saturated carbocycles. The molecule has 0 heterocycles. The maximum Gasteiger partial charge on any atom is 0.193 e. The van der Waals surface area contributed by atoms with Crippen LogP contribution in [0.4, 0.5) is 8.78 Å². The summed E-state index contributed by atoms with van der Waals surface area (Å²) < 4.78 is 26.3. The molecule has 1 nitrogen and oxygen atoms in total. The van der Waals surface area contributed by atoms with Crippen LogP contribution in [0, 0.1) is 32.4 Å². The van der Waals surface area contributed by atoms with E-state index in [4.69, 9.17) is 0 Å². The van der Waals surface area contributed by atoms with Gasteiger partial charge in [-0.3, -0.25) is 4.79 Å². The van der Waals surface area contributed by atoms with Gasteiger partial charge in [-0.2, -0.15) is 0 Å². The number of aryl methyl sites for hydroxylation is 3. The first-order chi connectivity index (χ1) is 8.88. The van der Waals surface area contributed by atoms with Crippen molar-refractivity contribution in [3.8, 4) is 0 Å². The minimum atomic E-state index is -0.746. The highest BCUT2D eigenvalue weighted by Gasteiger charge is 2.15. The second kappa shape index (κ2) is 4.92. The SMILES string of the molecule is Cc1cc(C)c(C(=O)c2cc(F)cc(F)c2)cc1C. The number of halogens is 2. The average Bonchev–Trinajstić information content (AvgIpc) is 2.31. The van der Waals surface area contributed by atoms with E-state index in [1.54, 1.807) is 6.07 Å². The van der Waals surface area contributed by atoms with Crippen LogP contribution in [0.25, 0.3) is 0 Å². The molecule has 0 aliphatic rings. The average molecular weight is 260 g/mol. The number of carbonyl (C=O) groups excluding carboxylic acids is 1. The normalized spacial score (nSPS) is 10.6. The van der Waals surface area contributed by atoms with Crippen molar-refractivity contribution in [1.82, 2.24) is 0 Å². The summed E-state index contributed by atoms with van der Waals surface area (Å²) in [7, 11) is 0. The van der Waals surface area contributed by atoms with Crippen molar-refractivity contribution < 1.29 is 13.6 Å². The van der Waals surface area contributed by atoms with Crippen LogP contribution in [0.5, 0.6) is 0 Å². The molecular weight excluding hydrogens is 246 g/mol. The van der Waals surface area contributed by atoms with Crippen molar-refractivity contribution in [3.63, 3.8) is 0 Å². The number of ketones is 1. The Hall–Kier alpha value is -2.03. The number of carbonyl (C=O) groups is 1. The Kier molecular flexibility index (Phi) is 3.47. The molecule has 2 rings (SSSR count). The van der Waals surface area contributed by atoms with E-state index in [2.05, 4.69) is 0 Å². The quantitative estimate of drug-likeness (QED) is 0.742. The second-order valence-electron chi connectivity index (χ2n) is 4.74. The van der Waals surface area contributed by atoms with E-state index in [-0.39, 0.29) is 11.3 Å². The fourth-order valence-corrected chi connectivity index (χ4v) is 2.05. The summed E-state index contributed by atoms with van der Waals surface area (Å²) in [5.74, 6) is -1.85. The molecular formula is C16H14F2O. The molecule has 2 aromatic rings. The number of hydrogen-bond donors (Lipinski definition) is 0. The molecule has 0 fully saturated rings. The molecule has 0 saturated heterocycles. The van der Waals surface area contributed by atoms with E-state index in [0.717, 1.165) is 34.9 Å². The van der Waals surface area contributed by atoms with Crippen molar-refractivity contribution >= 4 is 5.78 Å². The second-order valence-corrected chi connectivity index (χ2v) is 4.74. The van der Waals surface area contributed by atoms with E-state index < -0.39 is 11.6 Å². The van der Waals surface area contributed by atoms with Gasteiger partial charge in [-0.1, -0.05) is 6.07 Å². The molecule has 0 aromatic heterocycles. The van der Waals surface area contributed by atoms with Gasteiger partial charge < -0.3 is 0 Å². The van der Waals surface area contributed by atoms with E-state index >= 15 is 0 Å².